The largest absolute Gasteiger partial charge is 0.481 e. The maximum atomic E-state index is 14.0. The van der Waals surface area contributed by atoms with Crippen molar-refractivity contribution in [2.24, 2.45) is 5.92 Å². The summed E-state index contributed by atoms with van der Waals surface area (Å²) in [6.45, 7) is 0.940. The van der Waals surface area contributed by atoms with Crippen molar-refractivity contribution in [3.63, 3.8) is 0 Å². The number of halogens is 3. The van der Waals surface area contributed by atoms with Crippen LogP contribution in [0.1, 0.15) is 39.1 Å². The molecule has 4 rings (SSSR count). The fourth-order valence-electron chi connectivity index (χ4n) is 4.72. The second-order valence-corrected chi connectivity index (χ2v) is 9.58. The summed E-state index contributed by atoms with van der Waals surface area (Å²) in [5.41, 5.74) is -0.239. The first kappa shape index (κ1) is 27.7. The molecule has 2 amide bonds. The van der Waals surface area contributed by atoms with Gasteiger partial charge >= 0.3 is 12.1 Å². The average molecular weight is 540 g/mol. The monoisotopic (exact) mass is 539 g/mol. The molecule has 1 aliphatic rings. The summed E-state index contributed by atoms with van der Waals surface area (Å²) in [6, 6.07) is 16.6. The minimum absolute atomic E-state index is 0.0684. The van der Waals surface area contributed by atoms with Crippen LogP contribution in [-0.2, 0) is 11.0 Å². The molecule has 1 aliphatic heterocycles. The van der Waals surface area contributed by atoms with Crippen LogP contribution in [0.3, 0.4) is 0 Å². The number of benzene rings is 3. The number of carbonyl (C=O) groups excluding carboxylic acids is 2. The first-order valence-electron chi connectivity index (χ1n) is 12.4. The lowest BCUT2D eigenvalue weighted by molar-refractivity contribution is -0.142. The van der Waals surface area contributed by atoms with Crippen LogP contribution in [0.4, 0.5) is 24.5 Å². The highest BCUT2D eigenvalue weighted by Gasteiger charge is 2.37. The van der Waals surface area contributed by atoms with Crippen molar-refractivity contribution in [1.82, 2.24) is 4.90 Å². The van der Waals surface area contributed by atoms with E-state index in [9.17, 15) is 32.7 Å². The molecule has 1 fully saturated rings. The number of alkyl halides is 3. The highest BCUT2D eigenvalue weighted by atomic mass is 19.4. The standard InChI is InChI=1S/C29H28F3N3O4/c1-34(2)27(37)22-17-20(35-15-13-19(14-16-35)28(38)39)11-12-24(22)33-26(36)25-21(18-7-4-3-5-8-18)9-6-10-23(25)29(30,31)32/h3-12,17,19H,13-16H2,1-2H3,(H,33,36)(H,38,39). The van der Waals surface area contributed by atoms with Crippen molar-refractivity contribution in [2.75, 3.05) is 37.4 Å². The predicted molar refractivity (Wildman–Crippen MR) is 142 cm³/mol. The van der Waals surface area contributed by atoms with E-state index in [1.165, 1.54) is 37.2 Å². The minimum Gasteiger partial charge on any atom is -0.481 e. The van der Waals surface area contributed by atoms with Crippen LogP contribution < -0.4 is 10.2 Å². The van der Waals surface area contributed by atoms with Gasteiger partial charge in [-0.25, -0.2) is 0 Å². The van der Waals surface area contributed by atoms with E-state index in [0.29, 0.717) is 37.2 Å². The number of carbonyl (C=O) groups is 3. The molecule has 0 saturated carbocycles. The summed E-state index contributed by atoms with van der Waals surface area (Å²) < 4.78 is 42.0. The molecular weight excluding hydrogens is 511 g/mol. The van der Waals surface area contributed by atoms with E-state index < -0.39 is 41.0 Å². The van der Waals surface area contributed by atoms with Crippen molar-refractivity contribution in [3.05, 3.63) is 83.4 Å². The van der Waals surface area contributed by atoms with Crippen LogP contribution in [0.25, 0.3) is 11.1 Å². The molecule has 39 heavy (non-hydrogen) atoms. The lowest BCUT2D eigenvalue weighted by Gasteiger charge is -2.32. The molecular formula is C29H28F3N3O4. The first-order chi connectivity index (χ1) is 18.5. The molecule has 1 saturated heterocycles. The smallest absolute Gasteiger partial charge is 0.417 e. The fourth-order valence-corrected chi connectivity index (χ4v) is 4.72. The van der Waals surface area contributed by atoms with E-state index in [4.69, 9.17) is 0 Å². The Bertz CT molecular complexity index is 1380. The third-order valence-electron chi connectivity index (χ3n) is 6.78. The molecule has 0 unspecified atom stereocenters. The normalized spacial score (nSPS) is 14.1. The zero-order chi connectivity index (χ0) is 28.3. The molecule has 1 heterocycles. The Labute approximate surface area is 223 Å². The van der Waals surface area contributed by atoms with Crippen LogP contribution in [-0.4, -0.2) is 55.0 Å². The molecule has 0 aliphatic carbocycles. The minimum atomic E-state index is -4.79. The van der Waals surface area contributed by atoms with Crippen LogP contribution in [0.2, 0.25) is 0 Å². The van der Waals surface area contributed by atoms with Crippen LogP contribution >= 0.6 is 0 Å². The molecule has 0 bridgehead atoms. The van der Waals surface area contributed by atoms with Gasteiger partial charge in [-0.05, 0) is 48.2 Å². The number of carboxylic acid groups (broad SMARTS) is 1. The van der Waals surface area contributed by atoms with E-state index in [-0.39, 0.29) is 16.8 Å². The zero-order valence-corrected chi connectivity index (χ0v) is 21.5. The summed E-state index contributed by atoms with van der Waals surface area (Å²) in [4.78, 5) is 41.1. The number of hydrogen-bond acceptors (Lipinski definition) is 4. The summed E-state index contributed by atoms with van der Waals surface area (Å²) in [6.07, 6.45) is -3.89. The molecule has 3 aromatic carbocycles. The van der Waals surface area contributed by atoms with Gasteiger partial charge in [0.25, 0.3) is 11.8 Å². The van der Waals surface area contributed by atoms with Crippen molar-refractivity contribution in [2.45, 2.75) is 19.0 Å². The van der Waals surface area contributed by atoms with Crippen molar-refractivity contribution in [3.8, 4) is 11.1 Å². The van der Waals surface area contributed by atoms with Gasteiger partial charge in [-0.2, -0.15) is 13.2 Å². The molecule has 0 spiro atoms. The first-order valence-corrected chi connectivity index (χ1v) is 12.4. The molecule has 3 aromatic rings. The maximum absolute atomic E-state index is 14.0. The Morgan fingerprint density at radius 3 is 2.21 bits per heavy atom. The Hall–Kier alpha value is -4.34. The highest BCUT2D eigenvalue weighted by molar-refractivity contribution is 6.13. The number of piperidine rings is 1. The molecule has 10 heteroatoms. The molecule has 2 N–H and O–H groups in total. The number of nitrogens with zero attached hydrogens (tertiary/aromatic N) is 2. The van der Waals surface area contributed by atoms with E-state index in [0.717, 1.165) is 6.07 Å². The Morgan fingerprint density at radius 1 is 0.949 bits per heavy atom. The number of nitrogens with one attached hydrogen (secondary N) is 1. The van der Waals surface area contributed by atoms with Crippen LogP contribution in [0.5, 0.6) is 0 Å². The predicted octanol–water partition coefficient (Wildman–Crippen LogP) is 5.63. The maximum Gasteiger partial charge on any atom is 0.417 e. The number of rotatable bonds is 6. The van der Waals surface area contributed by atoms with Gasteiger partial charge in [-0.3, -0.25) is 14.4 Å². The van der Waals surface area contributed by atoms with Gasteiger partial charge in [0.1, 0.15) is 0 Å². The Morgan fingerprint density at radius 2 is 1.62 bits per heavy atom. The number of aliphatic carboxylic acids is 1. The zero-order valence-electron chi connectivity index (χ0n) is 21.5. The average Bonchev–Trinajstić information content (AvgIpc) is 2.92. The SMILES string of the molecule is CN(C)C(=O)c1cc(N2CCC(C(=O)O)CC2)ccc1NC(=O)c1c(-c2ccccc2)cccc1C(F)(F)F. The van der Waals surface area contributed by atoms with E-state index >= 15 is 0 Å². The van der Waals surface area contributed by atoms with Crippen LogP contribution in [0, 0.1) is 5.92 Å². The van der Waals surface area contributed by atoms with Gasteiger partial charge in [0, 0.05) is 32.9 Å². The van der Waals surface area contributed by atoms with Gasteiger partial charge in [0.2, 0.25) is 0 Å². The Kier molecular flexibility index (Phi) is 7.94. The van der Waals surface area contributed by atoms with Gasteiger partial charge < -0.3 is 20.2 Å². The van der Waals surface area contributed by atoms with Gasteiger partial charge in [0.05, 0.1) is 28.3 Å². The Balaban J connectivity index is 1.73. The van der Waals surface area contributed by atoms with E-state index in [1.807, 2.05) is 4.90 Å². The highest BCUT2D eigenvalue weighted by Crippen LogP contribution is 2.37. The lowest BCUT2D eigenvalue weighted by atomic mass is 9.94. The van der Waals surface area contributed by atoms with Crippen molar-refractivity contribution < 1.29 is 32.7 Å². The topological polar surface area (TPSA) is 90.0 Å². The number of carboxylic acids is 1. The number of hydrogen-bond donors (Lipinski definition) is 2. The molecule has 0 atom stereocenters. The van der Waals surface area contributed by atoms with Crippen molar-refractivity contribution >= 4 is 29.2 Å². The van der Waals surface area contributed by atoms with Gasteiger partial charge in [-0.1, -0.05) is 42.5 Å². The summed E-state index contributed by atoms with van der Waals surface area (Å²) in [5, 5.41) is 11.8. The van der Waals surface area contributed by atoms with E-state index in [2.05, 4.69) is 5.32 Å². The summed E-state index contributed by atoms with van der Waals surface area (Å²) in [7, 11) is 3.07. The second-order valence-electron chi connectivity index (χ2n) is 9.58. The number of amides is 2. The molecule has 7 nitrogen and oxygen atoms in total. The summed E-state index contributed by atoms with van der Waals surface area (Å²) in [5.74, 6) is -2.72. The lowest BCUT2D eigenvalue weighted by Crippen LogP contribution is -2.36. The molecule has 0 aromatic heterocycles. The summed E-state index contributed by atoms with van der Waals surface area (Å²) >= 11 is 0. The van der Waals surface area contributed by atoms with E-state index in [1.54, 1.807) is 42.5 Å². The fraction of sp³-hybridized carbons (Fsp3) is 0.276. The van der Waals surface area contributed by atoms with Crippen molar-refractivity contribution in [1.29, 1.82) is 0 Å². The molecule has 204 valence electrons. The second kappa shape index (κ2) is 11.2. The quantitative estimate of drug-likeness (QED) is 0.424. The molecule has 0 radical (unpaired) electrons. The van der Waals surface area contributed by atoms with Gasteiger partial charge in [0.15, 0.2) is 0 Å². The van der Waals surface area contributed by atoms with Gasteiger partial charge in [-0.15, -0.1) is 0 Å². The third-order valence-corrected chi connectivity index (χ3v) is 6.78. The third kappa shape index (κ3) is 6.05. The number of anilines is 2. The van der Waals surface area contributed by atoms with Crippen LogP contribution in [0.15, 0.2) is 66.7 Å².